The largest absolute Gasteiger partial charge is 0.325 e. The number of carbonyl (C=O) groups is 2. The predicted octanol–water partition coefficient (Wildman–Crippen LogP) is 4.91. The molecule has 5 heteroatoms. The van der Waals surface area contributed by atoms with Crippen LogP contribution in [0.1, 0.15) is 46.9 Å². The number of carbonyl (C=O) groups excluding carboxylic acids is 2. The van der Waals surface area contributed by atoms with Gasteiger partial charge in [-0.1, -0.05) is 43.3 Å². The molecule has 0 aliphatic carbocycles. The Morgan fingerprint density at radius 2 is 1.63 bits per heavy atom. The van der Waals surface area contributed by atoms with Crippen LogP contribution in [0.15, 0.2) is 72.8 Å². The van der Waals surface area contributed by atoms with Crippen molar-refractivity contribution in [1.29, 1.82) is 0 Å². The Bertz CT molecular complexity index is 1010. The fraction of sp³-hybridized carbons (Fsp3) is 0.200. The van der Waals surface area contributed by atoms with E-state index >= 15 is 0 Å². The quantitative estimate of drug-likeness (QED) is 0.525. The van der Waals surface area contributed by atoms with E-state index in [4.69, 9.17) is 0 Å². The van der Waals surface area contributed by atoms with E-state index in [1.165, 1.54) is 24.6 Å². The summed E-state index contributed by atoms with van der Waals surface area (Å²) in [6, 6.07) is 20.9. The van der Waals surface area contributed by atoms with Crippen molar-refractivity contribution in [1.82, 2.24) is 5.32 Å². The Balaban J connectivity index is 1.72. The van der Waals surface area contributed by atoms with Gasteiger partial charge in [0.15, 0.2) is 5.78 Å². The molecule has 0 unspecified atom stereocenters. The van der Waals surface area contributed by atoms with Crippen LogP contribution >= 0.6 is 0 Å². The zero-order valence-electron chi connectivity index (χ0n) is 17.1. The highest BCUT2D eigenvalue weighted by atomic mass is 19.1. The second kappa shape index (κ2) is 9.94. The van der Waals surface area contributed by atoms with E-state index in [1.807, 2.05) is 30.3 Å². The van der Waals surface area contributed by atoms with Gasteiger partial charge >= 0.3 is 0 Å². The molecule has 0 bridgehead atoms. The molecule has 0 saturated heterocycles. The van der Waals surface area contributed by atoms with Crippen LogP contribution < -0.4 is 10.6 Å². The minimum absolute atomic E-state index is 0.0263. The highest BCUT2D eigenvalue weighted by Gasteiger charge is 2.16. The average molecular weight is 404 g/mol. The third-order valence-electron chi connectivity index (χ3n) is 4.95. The molecule has 0 aromatic heterocycles. The molecule has 0 aliphatic rings. The number of halogens is 1. The molecule has 0 spiro atoms. The summed E-state index contributed by atoms with van der Waals surface area (Å²) in [6.07, 6.45) is 0.934. The maximum atomic E-state index is 13.8. The van der Waals surface area contributed by atoms with Gasteiger partial charge in [-0.2, -0.15) is 0 Å². The van der Waals surface area contributed by atoms with E-state index in [-0.39, 0.29) is 30.1 Å². The normalized spacial score (nSPS) is 11.7. The summed E-state index contributed by atoms with van der Waals surface area (Å²) in [5.74, 6) is -0.571. The minimum Gasteiger partial charge on any atom is -0.325 e. The maximum absolute atomic E-state index is 13.8. The van der Waals surface area contributed by atoms with Gasteiger partial charge in [0.1, 0.15) is 5.82 Å². The Kier molecular flexibility index (Phi) is 7.09. The van der Waals surface area contributed by atoms with Gasteiger partial charge in [0.05, 0.1) is 12.6 Å². The van der Waals surface area contributed by atoms with Gasteiger partial charge in [-0.05, 0) is 66.4 Å². The second-order valence-electron chi connectivity index (χ2n) is 7.15. The molecule has 1 atom stereocenters. The van der Waals surface area contributed by atoms with Crippen LogP contribution in [-0.2, 0) is 11.2 Å². The van der Waals surface area contributed by atoms with Crippen molar-refractivity contribution in [2.45, 2.75) is 26.3 Å². The van der Waals surface area contributed by atoms with Gasteiger partial charge in [0, 0.05) is 11.3 Å². The van der Waals surface area contributed by atoms with Crippen LogP contribution in [0.3, 0.4) is 0 Å². The van der Waals surface area contributed by atoms with E-state index in [2.05, 4.69) is 17.6 Å². The molecule has 1 amide bonds. The molecule has 4 nitrogen and oxygen atoms in total. The van der Waals surface area contributed by atoms with Crippen LogP contribution in [0.5, 0.6) is 0 Å². The molecule has 2 N–H and O–H groups in total. The lowest BCUT2D eigenvalue weighted by molar-refractivity contribution is -0.115. The summed E-state index contributed by atoms with van der Waals surface area (Å²) in [6.45, 7) is 3.63. The van der Waals surface area contributed by atoms with Crippen molar-refractivity contribution < 1.29 is 14.0 Å². The van der Waals surface area contributed by atoms with Gasteiger partial charge in [-0.15, -0.1) is 0 Å². The van der Waals surface area contributed by atoms with Crippen molar-refractivity contribution in [3.63, 3.8) is 0 Å². The number of rotatable bonds is 8. The average Bonchev–Trinajstić information content (AvgIpc) is 2.75. The second-order valence-corrected chi connectivity index (χ2v) is 7.15. The lowest BCUT2D eigenvalue weighted by Crippen LogP contribution is -2.32. The molecule has 30 heavy (non-hydrogen) atoms. The molecule has 0 saturated carbocycles. The molecular weight excluding hydrogens is 379 g/mol. The number of hydrogen-bond acceptors (Lipinski definition) is 3. The Morgan fingerprint density at radius 1 is 0.933 bits per heavy atom. The number of amides is 1. The number of anilines is 1. The van der Waals surface area contributed by atoms with Gasteiger partial charge in [-0.3, -0.25) is 14.9 Å². The van der Waals surface area contributed by atoms with Gasteiger partial charge in [0.2, 0.25) is 5.91 Å². The summed E-state index contributed by atoms with van der Waals surface area (Å²) in [5, 5.41) is 6.04. The number of aryl methyl sites for hydroxylation is 1. The lowest BCUT2D eigenvalue weighted by atomic mass is 9.97. The highest BCUT2D eigenvalue weighted by molar-refractivity contribution is 5.96. The Labute approximate surface area is 176 Å². The van der Waals surface area contributed by atoms with Gasteiger partial charge < -0.3 is 5.32 Å². The molecule has 3 aromatic rings. The van der Waals surface area contributed by atoms with Crippen molar-refractivity contribution in [3.8, 4) is 0 Å². The molecule has 3 rings (SSSR count). The van der Waals surface area contributed by atoms with Gasteiger partial charge in [0.25, 0.3) is 0 Å². The predicted molar refractivity (Wildman–Crippen MR) is 117 cm³/mol. The van der Waals surface area contributed by atoms with Crippen molar-refractivity contribution >= 4 is 17.4 Å². The number of nitrogens with one attached hydrogen (secondary N) is 2. The Hall–Kier alpha value is -3.31. The topological polar surface area (TPSA) is 58.2 Å². The zero-order valence-corrected chi connectivity index (χ0v) is 17.1. The first-order valence-corrected chi connectivity index (χ1v) is 9.95. The minimum atomic E-state index is -0.322. The van der Waals surface area contributed by atoms with E-state index in [1.54, 1.807) is 30.3 Å². The van der Waals surface area contributed by atoms with Crippen LogP contribution in [0.4, 0.5) is 10.1 Å². The van der Waals surface area contributed by atoms with Crippen LogP contribution in [0.25, 0.3) is 0 Å². The standard InChI is InChI=1S/C25H25FN2O2/c1-3-18-7-9-20(10-8-18)25(21-5-4-6-22(26)15-21)27-16-24(30)28-23-13-11-19(12-14-23)17(2)29/h4-15,25,27H,3,16H2,1-2H3,(H,28,30)/t25-/m1/s1. The molecule has 0 aliphatic heterocycles. The first kappa shape index (κ1) is 21.4. The molecule has 0 fully saturated rings. The lowest BCUT2D eigenvalue weighted by Gasteiger charge is -2.20. The molecule has 0 heterocycles. The van der Waals surface area contributed by atoms with Crippen LogP contribution in [-0.4, -0.2) is 18.2 Å². The van der Waals surface area contributed by atoms with Crippen molar-refractivity contribution in [2.24, 2.45) is 0 Å². The van der Waals surface area contributed by atoms with Crippen molar-refractivity contribution in [3.05, 3.63) is 101 Å². The maximum Gasteiger partial charge on any atom is 0.238 e. The molecule has 0 radical (unpaired) electrons. The van der Waals surface area contributed by atoms with Crippen LogP contribution in [0, 0.1) is 5.82 Å². The first-order valence-electron chi connectivity index (χ1n) is 9.95. The zero-order chi connectivity index (χ0) is 21.5. The number of benzene rings is 3. The molecular formula is C25H25FN2O2. The molecule has 3 aromatic carbocycles. The summed E-state index contributed by atoms with van der Waals surface area (Å²) in [5.41, 5.74) is 4.12. The van der Waals surface area contributed by atoms with Crippen molar-refractivity contribution in [2.75, 3.05) is 11.9 Å². The number of hydrogen-bond donors (Lipinski definition) is 2. The van der Waals surface area contributed by atoms with E-state index < -0.39 is 0 Å². The number of Topliss-reactive ketones (excluding diaryl/α,β-unsaturated/α-hetero) is 1. The van der Waals surface area contributed by atoms with E-state index in [0.717, 1.165) is 17.5 Å². The fourth-order valence-electron chi connectivity index (χ4n) is 3.25. The fourth-order valence-corrected chi connectivity index (χ4v) is 3.25. The number of ketones is 1. The van der Waals surface area contributed by atoms with Crippen LogP contribution in [0.2, 0.25) is 0 Å². The summed E-state index contributed by atoms with van der Waals surface area (Å²) in [4.78, 5) is 23.8. The summed E-state index contributed by atoms with van der Waals surface area (Å²) < 4.78 is 13.8. The van der Waals surface area contributed by atoms with E-state index in [0.29, 0.717) is 11.3 Å². The molecule has 154 valence electrons. The highest BCUT2D eigenvalue weighted by Crippen LogP contribution is 2.23. The Morgan fingerprint density at radius 3 is 2.23 bits per heavy atom. The summed E-state index contributed by atoms with van der Waals surface area (Å²) in [7, 11) is 0. The van der Waals surface area contributed by atoms with E-state index in [9.17, 15) is 14.0 Å². The summed E-state index contributed by atoms with van der Waals surface area (Å²) >= 11 is 0. The monoisotopic (exact) mass is 404 g/mol. The van der Waals surface area contributed by atoms with Gasteiger partial charge in [-0.25, -0.2) is 4.39 Å². The SMILES string of the molecule is CCc1ccc([C@@H](NCC(=O)Nc2ccc(C(C)=O)cc2)c2cccc(F)c2)cc1. The third kappa shape index (κ3) is 5.61. The third-order valence-corrected chi connectivity index (χ3v) is 4.95. The smallest absolute Gasteiger partial charge is 0.238 e. The first-order chi connectivity index (χ1) is 14.5.